The monoisotopic (exact) mass is 227 g/mol. The Labute approximate surface area is 96.0 Å². The number of hydrogen-bond donors (Lipinski definition) is 0. The van der Waals surface area contributed by atoms with Crippen molar-refractivity contribution in [3.8, 4) is 0 Å². The summed E-state index contributed by atoms with van der Waals surface area (Å²) in [5.41, 5.74) is 1.16. The summed E-state index contributed by atoms with van der Waals surface area (Å²) in [6.45, 7) is 6.45. The molecule has 1 rings (SSSR count). The Hall–Kier alpha value is -0.540. The zero-order valence-corrected chi connectivity index (χ0v) is 10.5. The predicted molar refractivity (Wildman–Crippen MR) is 64.7 cm³/mol. The lowest BCUT2D eigenvalue weighted by molar-refractivity contribution is 0.210. The van der Waals surface area contributed by atoms with Crippen LogP contribution in [0.3, 0.4) is 0 Å². The third-order valence-corrected chi connectivity index (χ3v) is 3.29. The molecule has 0 N–H and O–H groups in total. The molecule has 0 aliphatic heterocycles. The number of halogens is 1. The van der Waals surface area contributed by atoms with Crippen molar-refractivity contribution >= 4 is 12.1 Å². The van der Waals surface area contributed by atoms with Crippen molar-refractivity contribution in [2.24, 2.45) is 0 Å². The number of hydrogen-bond acceptors (Lipinski definition) is 2. The first-order valence-corrected chi connectivity index (χ1v) is 5.88. The molecule has 0 saturated carbocycles. The van der Waals surface area contributed by atoms with Crippen molar-refractivity contribution in [1.29, 1.82) is 0 Å². The molecule has 3 heteroatoms. The lowest BCUT2D eigenvalue weighted by Crippen LogP contribution is -2.29. The zero-order valence-electron chi connectivity index (χ0n) is 9.70. The molecule has 0 radical (unpaired) electrons. The Bertz CT molecular complexity index is 314. The first-order chi connectivity index (χ1) is 7.06. The maximum atomic E-state index is 12.4. The minimum atomic E-state index is 0.302. The van der Waals surface area contributed by atoms with Gasteiger partial charge in [0.2, 0.25) is 0 Å². The topological polar surface area (TPSA) is 3.24 Å². The fourth-order valence-corrected chi connectivity index (χ4v) is 1.82. The van der Waals surface area contributed by atoms with Crippen molar-refractivity contribution in [3.05, 3.63) is 29.8 Å². The highest BCUT2D eigenvalue weighted by molar-refractivity contribution is 7.94. The summed E-state index contributed by atoms with van der Waals surface area (Å²) in [5, 5.41) is 0. The molecule has 1 aromatic rings. The average Bonchev–Trinajstić information content (AvgIpc) is 2.27. The smallest absolute Gasteiger partial charge is 0.0812 e. The summed E-state index contributed by atoms with van der Waals surface area (Å²) in [5.74, 6) is 0. The highest BCUT2D eigenvalue weighted by atomic mass is 32.2. The minimum absolute atomic E-state index is 0.302. The van der Waals surface area contributed by atoms with Crippen LogP contribution in [0.2, 0.25) is 0 Å². The molecule has 0 fully saturated rings. The maximum absolute atomic E-state index is 12.4. The highest BCUT2D eigenvalue weighted by Gasteiger charge is 2.14. The molecule has 1 unspecified atom stereocenters. The molecule has 84 valence electrons. The van der Waals surface area contributed by atoms with Gasteiger partial charge < -0.3 is 0 Å². The van der Waals surface area contributed by atoms with Crippen LogP contribution in [-0.4, -0.2) is 18.0 Å². The van der Waals surface area contributed by atoms with Crippen LogP contribution in [0.4, 0.5) is 3.89 Å². The van der Waals surface area contributed by atoms with Crippen molar-refractivity contribution in [1.82, 2.24) is 4.90 Å². The van der Waals surface area contributed by atoms with Gasteiger partial charge in [-0.05, 0) is 45.5 Å². The van der Waals surface area contributed by atoms with Gasteiger partial charge in [-0.15, -0.1) is 0 Å². The highest BCUT2D eigenvalue weighted by Crippen LogP contribution is 2.26. The van der Waals surface area contributed by atoms with Gasteiger partial charge in [-0.1, -0.05) is 12.1 Å². The maximum Gasteiger partial charge on any atom is 0.0812 e. The van der Waals surface area contributed by atoms with E-state index in [9.17, 15) is 3.89 Å². The van der Waals surface area contributed by atoms with Crippen LogP contribution in [0.15, 0.2) is 29.2 Å². The van der Waals surface area contributed by atoms with E-state index < -0.39 is 0 Å². The Morgan fingerprint density at radius 1 is 1.27 bits per heavy atom. The van der Waals surface area contributed by atoms with Crippen molar-refractivity contribution in [2.75, 3.05) is 7.05 Å². The van der Waals surface area contributed by atoms with E-state index in [4.69, 9.17) is 0 Å². The summed E-state index contributed by atoms with van der Waals surface area (Å²) in [6, 6.07) is 8.45. The van der Waals surface area contributed by atoms with E-state index in [-0.39, 0.29) is 0 Å². The predicted octanol–water partition coefficient (Wildman–Crippen LogP) is 4.06. The van der Waals surface area contributed by atoms with Gasteiger partial charge in [-0.2, -0.15) is 3.89 Å². The van der Waals surface area contributed by atoms with E-state index in [1.807, 2.05) is 18.2 Å². The van der Waals surface area contributed by atoms with Crippen molar-refractivity contribution in [3.63, 3.8) is 0 Å². The molecular formula is C12H18FNS. The lowest BCUT2D eigenvalue weighted by atomic mass is 10.1. The molecule has 0 spiro atoms. The lowest BCUT2D eigenvalue weighted by Gasteiger charge is -2.28. The van der Waals surface area contributed by atoms with Crippen LogP contribution >= 0.6 is 12.1 Å². The fraction of sp³-hybridized carbons (Fsp3) is 0.500. The van der Waals surface area contributed by atoms with E-state index in [1.165, 1.54) is 0 Å². The second-order valence-corrected chi connectivity index (χ2v) is 4.71. The molecule has 0 amide bonds. The van der Waals surface area contributed by atoms with Crippen LogP contribution < -0.4 is 0 Å². The van der Waals surface area contributed by atoms with Crippen LogP contribution in [0.25, 0.3) is 0 Å². The second-order valence-electron chi connectivity index (χ2n) is 4.08. The van der Waals surface area contributed by atoms with E-state index >= 15 is 0 Å². The normalized spacial score (nSPS) is 13.5. The van der Waals surface area contributed by atoms with Gasteiger partial charge in [-0.25, -0.2) is 0 Å². The largest absolute Gasteiger partial charge is 0.297 e. The van der Waals surface area contributed by atoms with Crippen LogP contribution in [0.5, 0.6) is 0 Å². The summed E-state index contributed by atoms with van der Waals surface area (Å²) in [4.78, 5) is 2.94. The standard InChI is InChI=1S/C12H18FNS/c1-9(2)14(4)10(3)11-6-5-7-12(8-11)15-13/h5-10H,1-4H3. The third kappa shape index (κ3) is 3.21. The number of nitrogens with zero attached hydrogens (tertiary/aromatic N) is 1. The molecule has 1 nitrogen and oxygen atoms in total. The number of rotatable bonds is 4. The van der Waals surface area contributed by atoms with Crippen LogP contribution in [0, 0.1) is 0 Å². The minimum Gasteiger partial charge on any atom is -0.297 e. The molecule has 0 saturated heterocycles. The SMILES string of the molecule is CC(C)N(C)C(C)c1cccc(SF)c1. The van der Waals surface area contributed by atoms with E-state index in [0.29, 0.717) is 29.1 Å². The Kier molecular flexibility index (Phi) is 4.61. The van der Waals surface area contributed by atoms with E-state index in [1.54, 1.807) is 6.07 Å². The summed E-state index contributed by atoms with van der Waals surface area (Å²) in [7, 11) is 2.09. The molecule has 0 bridgehead atoms. The van der Waals surface area contributed by atoms with Gasteiger partial charge in [0.25, 0.3) is 0 Å². The Morgan fingerprint density at radius 3 is 2.47 bits per heavy atom. The quantitative estimate of drug-likeness (QED) is 0.763. The molecule has 0 heterocycles. The van der Waals surface area contributed by atoms with Crippen LogP contribution in [0.1, 0.15) is 32.4 Å². The second kappa shape index (κ2) is 5.52. The van der Waals surface area contributed by atoms with Gasteiger partial charge >= 0.3 is 0 Å². The van der Waals surface area contributed by atoms with Gasteiger partial charge in [0.1, 0.15) is 0 Å². The summed E-state index contributed by atoms with van der Waals surface area (Å²) >= 11 is 0.302. The van der Waals surface area contributed by atoms with Gasteiger partial charge in [0.15, 0.2) is 0 Å². The summed E-state index contributed by atoms with van der Waals surface area (Å²) in [6.07, 6.45) is 0. The zero-order chi connectivity index (χ0) is 11.4. The molecular weight excluding hydrogens is 209 g/mol. The Balaban J connectivity index is 2.85. The van der Waals surface area contributed by atoms with E-state index in [0.717, 1.165) is 5.56 Å². The van der Waals surface area contributed by atoms with Gasteiger partial charge in [0.05, 0.1) is 12.1 Å². The first kappa shape index (κ1) is 12.5. The molecule has 0 aliphatic rings. The Morgan fingerprint density at radius 2 is 1.93 bits per heavy atom. The molecule has 1 aromatic carbocycles. The van der Waals surface area contributed by atoms with Crippen molar-refractivity contribution < 1.29 is 3.89 Å². The van der Waals surface area contributed by atoms with Gasteiger partial charge in [-0.3, -0.25) is 4.90 Å². The molecule has 0 aliphatic carbocycles. The molecule has 0 aromatic heterocycles. The average molecular weight is 227 g/mol. The van der Waals surface area contributed by atoms with Gasteiger partial charge in [0, 0.05) is 17.0 Å². The van der Waals surface area contributed by atoms with Crippen LogP contribution in [-0.2, 0) is 0 Å². The number of benzene rings is 1. The third-order valence-electron chi connectivity index (χ3n) is 2.86. The molecule has 1 atom stereocenters. The van der Waals surface area contributed by atoms with E-state index in [2.05, 4.69) is 32.7 Å². The fourth-order valence-electron chi connectivity index (χ4n) is 1.50. The summed E-state index contributed by atoms with van der Waals surface area (Å²) < 4.78 is 12.4. The first-order valence-electron chi connectivity index (χ1n) is 5.16. The van der Waals surface area contributed by atoms with Crippen molar-refractivity contribution in [2.45, 2.75) is 37.8 Å². The molecule has 15 heavy (non-hydrogen) atoms.